The van der Waals surface area contributed by atoms with Crippen molar-refractivity contribution in [1.29, 1.82) is 0 Å². The largest absolute Gasteiger partial charge is 0.550 e. The summed E-state index contributed by atoms with van der Waals surface area (Å²) in [6, 6.07) is 0. The van der Waals surface area contributed by atoms with E-state index in [2.05, 4.69) is 18.8 Å². The molecule has 0 amide bonds. The molecule has 0 spiro atoms. The van der Waals surface area contributed by atoms with Gasteiger partial charge in [0, 0.05) is 5.97 Å². The quantitative estimate of drug-likeness (QED) is 0.411. The highest BCUT2D eigenvalue weighted by atomic mass is 32.2. The number of carboxylic acids is 1. The summed E-state index contributed by atoms with van der Waals surface area (Å²) in [4.78, 5) is 8.89. The van der Waals surface area contributed by atoms with Crippen molar-refractivity contribution in [2.45, 2.75) is 6.92 Å². The molecule has 8 heavy (non-hydrogen) atoms. The summed E-state index contributed by atoms with van der Waals surface area (Å²) >= 11 is 0. The third-order valence-corrected chi connectivity index (χ3v) is 0. The Hall–Kier alpha value is -0.180. The summed E-state index contributed by atoms with van der Waals surface area (Å²) < 4.78 is 0. The highest BCUT2D eigenvalue weighted by Crippen LogP contribution is 1.63. The molecule has 0 heterocycles. The zero-order valence-corrected chi connectivity index (χ0v) is 6.54. The first kappa shape index (κ1) is 10.7. The first-order valence-electron chi connectivity index (χ1n) is 2.13. The highest BCUT2D eigenvalue weighted by molar-refractivity contribution is 7.94. The Bertz CT molecular complexity index is 54.7. The van der Waals surface area contributed by atoms with Crippen molar-refractivity contribution in [1.82, 2.24) is 0 Å². The number of hydrogen-bond acceptors (Lipinski definition) is 2. The van der Waals surface area contributed by atoms with Gasteiger partial charge in [-0.15, -0.1) is 0 Å². The van der Waals surface area contributed by atoms with Crippen LogP contribution < -0.4 is 5.11 Å². The zero-order valence-electron chi connectivity index (χ0n) is 5.72. The molecule has 0 fully saturated rings. The average molecular weight is 136 g/mol. The molecule has 2 nitrogen and oxygen atoms in total. The molecule has 0 aliphatic heterocycles. The average Bonchev–Trinajstić information content (AvgIpc) is 1.25. The molecule has 0 atom stereocenters. The Morgan fingerprint density at radius 2 is 1.38 bits per heavy atom. The lowest BCUT2D eigenvalue weighted by atomic mass is 10.9. The maximum Gasteiger partial charge on any atom is 0.0969 e. The first-order chi connectivity index (χ1) is 3.46. The van der Waals surface area contributed by atoms with Gasteiger partial charge in [0.2, 0.25) is 0 Å². The van der Waals surface area contributed by atoms with E-state index in [4.69, 9.17) is 9.90 Å². The van der Waals surface area contributed by atoms with Crippen molar-refractivity contribution in [3.8, 4) is 0 Å². The van der Waals surface area contributed by atoms with Crippen LogP contribution in [0.25, 0.3) is 0 Å². The molecular weight excluding hydrogens is 124 g/mol. The molecule has 0 N–H and O–H groups in total. The number of aliphatic carboxylic acids is 1. The SMILES string of the molecule is CC(=O)[O-].C[S+](C)C. The lowest BCUT2D eigenvalue weighted by Crippen LogP contribution is -2.16. The predicted molar refractivity (Wildman–Crippen MR) is 35.8 cm³/mol. The lowest BCUT2D eigenvalue weighted by Gasteiger charge is -1.77. The molecule has 3 heteroatoms. The van der Waals surface area contributed by atoms with E-state index in [0.29, 0.717) is 10.9 Å². The topological polar surface area (TPSA) is 40.1 Å². The van der Waals surface area contributed by atoms with E-state index >= 15 is 0 Å². The summed E-state index contributed by atoms with van der Waals surface area (Å²) in [6.45, 7) is 0.972. The second kappa shape index (κ2) is 6.82. The van der Waals surface area contributed by atoms with Crippen LogP contribution in [0.4, 0.5) is 0 Å². The molecular formula is C5H12O2S. The Kier molecular flexibility index (Phi) is 9.15. The van der Waals surface area contributed by atoms with Crippen LogP contribution in [0.15, 0.2) is 0 Å². The fraction of sp³-hybridized carbons (Fsp3) is 0.800. The summed E-state index contributed by atoms with van der Waals surface area (Å²) in [6.07, 6.45) is 6.58. The van der Waals surface area contributed by atoms with Gasteiger partial charge in [0.05, 0.1) is 18.8 Å². The number of carboxylic acid groups (broad SMARTS) is 1. The van der Waals surface area contributed by atoms with Crippen LogP contribution in [0.3, 0.4) is 0 Å². The molecule has 0 bridgehead atoms. The summed E-state index contributed by atoms with van der Waals surface area (Å²) in [5.74, 6) is -1.08. The van der Waals surface area contributed by atoms with Gasteiger partial charge in [0.1, 0.15) is 0 Å². The van der Waals surface area contributed by atoms with Gasteiger partial charge in [-0.05, 0) is 17.8 Å². The Morgan fingerprint density at radius 3 is 1.38 bits per heavy atom. The molecule has 0 radical (unpaired) electrons. The summed E-state index contributed by atoms with van der Waals surface area (Å²) in [5.41, 5.74) is 0. The van der Waals surface area contributed by atoms with Crippen LogP contribution in [0.5, 0.6) is 0 Å². The number of carbonyl (C=O) groups excluding carboxylic acids is 1. The summed E-state index contributed by atoms with van der Waals surface area (Å²) in [7, 11) is 0.639. The Labute approximate surface area is 53.3 Å². The van der Waals surface area contributed by atoms with E-state index in [1.807, 2.05) is 0 Å². The third kappa shape index (κ3) is 4170. The van der Waals surface area contributed by atoms with Crippen molar-refractivity contribution >= 4 is 16.9 Å². The molecule has 0 unspecified atom stereocenters. The standard InChI is InChI=1S/C3H9S.C2H4O2/c1-4(2)3;1-2(3)4/h1-3H3;1H3,(H,3,4)/q+1;/p-1. The van der Waals surface area contributed by atoms with Gasteiger partial charge in [0.25, 0.3) is 0 Å². The van der Waals surface area contributed by atoms with Gasteiger partial charge in [0.15, 0.2) is 0 Å². The molecule has 0 aromatic rings. The zero-order chi connectivity index (χ0) is 7.15. The Morgan fingerprint density at radius 1 is 1.38 bits per heavy atom. The fourth-order valence-electron chi connectivity index (χ4n) is 0. The molecule has 0 saturated heterocycles. The van der Waals surface area contributed by atoms with Crippen LogP contribution >= 0.6 is 0 Å². The maximum absolute atomic E-state index is 8.89. The summed E-state index contributed by atoms with van der Waals surface area (Å²) in [5, 5.41) is 8.89. The fourth-order valence-corrected chi connectivity index (χ4v) is 0. The smallest absolute Gasteiger partial charge is 0.0969 e. The van der Waals surface area contributed by atoms with Gasteiger partial charge in [-0.3, -0.25) is 0 Å². The van der Waals surface area contributed by atoms with Crippen molar-refractivity contribution < 1.29 is 9.90 Å². The minimum atomic E-state index is -1.08. The molecule has 0 aromatic carbocycles. The minimum absolute atomic E-state index is 0.639. The van der Waals surface area contributed by atoms with E-state index in [1.54, 1.807) is 0 Å². The van der Waals surface area contributed by atoms with E-state index in [1.165, 1.54) is 0 Å². The first-order valence-corrected chi connectivity index (χ1v) is 4.58. The predicted octanol–water partition coefficient (Wildman–Crippen LogP) is -0.750. The number of carbonyl (C=O) groups is 1. The third-order valence-electron chi connectivity index (χ3n) is 0. The van der Waals surface area contributed by atoms with E-state index in [0.717, 1.165) is 6.92 Å². The van der Waals surface area contributed by atoms with Crippen LogP contribution in [-0.2, 0) is 15.7 Å². The lowest BCUT2D eigenvalue weighted by molar-refractivity contribution is -0.302. The minimum Gasteiger partial charge on any atom is -0.550 e. The van der Waals surface area contributed by atoms with Gasteiger partial charge < -0.3 is 9.90 Å². The normalized spacial score (nSPS) is 7.62. The molecule has 50 valence electrons. The van der Waals surface area contributed by atoms with Gasteiger partial charge in [-0.25, -0.2) is 0 Å². The van der Waals surface area contributed by atoms with Crippen LogP contribution in [-0.4, -0.2) is 24.7 Å². The maximum atomic E-state index is 8.89. The van der Waals surface area contributed by atoms with Crippen molar-refractivity contribution in [2.24, 2.45) is 0 Å². The van der Waals surface area contributed by atoms with Crippen LogP contribution in [0.1, 0.15) is 6.92 Å². The molecule has 0 aliphatic carbocycles. The van der Waals surface area contributed by atoms with E-state index < -0.39 is 5.97 Å². The molecule has 0 aliphatic rings. The Balaban J connectivity index is 0. The molecule has 0 aromatic heterocycles. The van der Waals surface area contributed by atoms with Crippen molar-refractivity contribution in [3.63, 3.8) is 0 Å². The van der Waals surface area contributed by atoms with Crippen molar-refractivity contribution in [2.75, 3.05) is 18.8 Å². The van der Waals surface area contributed by atoms with Crippen molar-refractivity contribution in [3.05, 3.63) is 0 Å². The second-order valence-electron chi connectivity index (χ2n) is 1.72. The highest BCUT2D eigenvalue weighted by Gasteiger charge is 1.77. The number of rotatable bonds is 0. The second-order valence-corrected chi connectivity index (χ2v) is 4.17. The van der Waals surface area contributed by atoms with Gasteiger partial charge in [-0.2, -0.15) is 0 Å². The van der Waals surface area contributed by atoms with E-state index in [9.17, 15) is 0 Å². The molecule has 0 saturated carbocycles. The van der Waals surface area contributed by atoms with E-state index in [-0.39, 0.29) is 0 Å². The monoisotopic (exact) mass is 136 g/mol. The van der Waals surface area contributed by atoms with Crippen LogP contribution in [0.2, 0.25) is 0 Å². The molecule has 0 rings (SSSR count). The van der Waals surface area contributed by atoms with Gasteiger partial charge >= 0.3 is 0 Å². The van der Waals surface area contributed by atoms with Gasteiger partial charge in [-0.1, -0.05) is 0 Å². The number of hydrogen-bond donors (Lipinski definition) is 0. The van der Waals surface area contributed by atoms with Crippen LogP contribution in [0, 0.1) is 0 Å².